The number of nitrogens with one attached hydrogen (secondary N) is 1. The fourth-order valence-electron chi connectivity index (χ4n) is 3.59. The molecule has 0 spiro atoms. The molecule has 1 aromatic carbocycles. The van der Waals surface area contributed by atoms with Crippen LogP contribution in [0.15, 0.2) is 41.5 Å². The summed E-state index contributed by atoms with van der Waals surface area (Å²) >= 11 is 0. The monoisotopic (exact) mass is 380 g/mol. The zero-order valence-electron chi connectivity index (χ0n) is 15.6. The lowest BCUT2D eigenvalue weighted by Gasteiger charge is -2.20. The Balaban J connectivity index is 1.53. The number of nitrogens with zero attached hydrogens (tertiary/aromatic N) is 3. The molecule has 0 bridgehead atoms. The van der Waals surface area contributed by atoms with Gasteiger partial charge in [-0.3, -0.25) is 14.2 Å². The maximum Gasteiger partial charge on any atom is 0.263 e. The summed E-state index contributed by atoms with van der Waals surface area (Å²) in [7, 11) is 0. The molecule has 0 saturated heterocycles. The van der Waals surface area contributed by atoms with Crippen molar-refractivity contribution < 1.29 is 9.18 Å². The Hall–Kier alpha value is -3.09. The number of carbonyl (C=O) groups is 1. The maximum atomic E-state index is 13.2. The van der Waals surface area contributed by atoms with Gasteiger partial charge in [-0.15, -0.1) is 0 Å². The molecular weight excluding hydrogens is 359 g/mol. The molecule has 2 heterocycles. The molecule has 0 saturated carbocycles. The van der Waals surface area contributed by atoms with Gasteiger partial charge >= 0.3 is 0 Å². The molecule has 6 nitrogen and oxygen atoms in total. The van der Waals surface area contributed by atoms with E-state index >= 15 is 0 Å². The second-order valence-electron chi connectivity index (χ2n) is 7.40. The van der Waals surface area contributed by atoms with Crippen LogP contribution < -0.4 is 10.9 Å². The van der Waals surface area contributed by atoms with E-state index in [0.717, 1.165) is 30.5 Å². The number of benzene rings is 1. The first kappa shape index (κ1) is 18.3. The lowest BCUT2D eigenvalue weighted by Crippen LogP contribution is -2.32. The van der Waals surface area contributed by atoms with Crippen LogP contribution in [0.2, 0.25) is 0 Å². The number of fused-ring (bicyclic) bond motifs is 2. The molecule has 7 heteroatoms. The average Bonchev–Trinajstić information content (AvgIpc) is 2.68. The van der Waals surface area contributed by atoms with E-state index in [-0.39, 0.29) is 30.4 Å². The van der Waals surface area contributed by atoms with Gasteiger partial charge in [-0.1, -0.05) is 19.1 Å². The molecule has 4 rings (SSSR count). The molecule has 0 radical (unpaired) electrons. The minimum atomic E-state index is -0.355. The summed E-state index contributed by atoms with van der Waals surface area (Å²) in [4.78, 5) is 33.9. The summed E-state index contributed by atoms with van der Waals surface area (Å²) in [6.45, 7) is 2.24. The molecule has 0 unspecified atom stereocenters. The number of aryl methyl sites for hydroxylation is 1. The third-order valence-corrected chi connectivity index (χ3v) is 5.12. The van der Waals surface area contributed by atoms with Crippen molar-refractivity contribution in [3.05, 3.63) is 69.7 Å². The van der Waals surface area contributed by atoms with Crippen molar-refractivity contribution in [3.8, 4) is 0 Å². The quantitative estimate of drug-likeness (QED) is 0.754. The number of halogens is 1. The number of aromatic nitrogens is 3. The molecule has 1 aliphatic rings. The highest BCUT2D eigenvalue weighted by atomic mass is 19.1. The van der Waals surface area contributed by atoms with Gasteiger partial charge in [0.2, 0.25) is 5.91 Å². The second kappa shape index (κ2) is 7.50. The summed E-state index contributed by atoms with van der Waals surface area (Å²) in [5, 5.41) is 3.14. The molecule has 28 heavy (non-hydrogen) atoms. The summed E-state index contributed by atoms with van der Waals surface area (Å²) in [5.41, 5.74) is 2.91. The van der Waals surface area contributed by atoms with Crippen LogP contribution in [0.4, 0.5) is 4.39 Å². The lowest BCUT2D eigenvalue weighted by molar-refractivity contribution is -0.121. The largest absolute Gasteiger partial charge is 0.350 e. The Morgan fingerprint density at radius 3 is 3.04 bits per heavy atom. The molecule has 1 atom stereocenters. The third kappa shape index (κ3) is 3.78. The molecule has 3 aromatic rings. The molecule has 144 valence electrons. The molecule has 0 aliphatic heterocycles. The highest BCUT2D eigenvalue weighted by Gasteiger charge is 2.19. The maximum absolute atomic E-state index is 13.2. The molecular formula is C21H21FN4O2. The van der Waals surface area contributed by atoms with Gasteiger partial charge in [0, 0.05) is 12.2 Å². The van der Waals surface area contributed by atoms with Gasteiger partial charge in [0.15, 0.2) is 5.65 Å². The first-order valence-corrected chi connectivity index (χ1v) is 9.38. The van der Waals surface area contributed by atoms with E-state index < -0.39 is 0 Å². The lowest BCUT2D eigenvalue weighted by atomic mass is 9.87. The Labute approximate surface area is 161 Å². The van der Waals surface area contributed by atoms with Crippen LogP contribution in [0.3, 0.4) is 0 Å². The predicted molar refractivity (Wildman–Crippen MR) is 103 cm³/mol. The summed E-state index contributed by atoms with van der Waals surface area (Å²) in [6.07, 6.45) is 4.26. The molecule has 1 N–H and O–H groups in total. The number of amides is 1. The van der Waals surface area contributed by atoms with E-state index in [2.05, 4.69) is 22.2 Å². The molecule has 2 aromatic heterocycles. The van der Waals surface area contributed by atoms with E-state index in [9.17, 15) is 14.0 Å². The van der Waals surface area contributed by atoms with Crippen LogP contribution in [-0.4, -0.2) is 20.4 Å². The Kier molecular flexibility index (Phi) is 4.90. The highest BCUT2D eigenvalue weighted by Crippen LogP contribution is 2.25. The summed E-state index contributed by atoms with van der Waals surface area (Å²) in [5.74, 6) is -0.127. The van der Waals surface area contributed by atoms with Gasteiger partial charge in [0.25, 0.3) is 5.56 Å². The van der Waals surface area contributed by atoms with Crippen LogP contribution >= 0.6 is 0 Å². The van der Waals surface area contributed by atoms with Gasteiger partial charge in [0.05, 0.1) is 5.39 Å². The van der Waals surface area contributed by atoms with Crippen LogP contribution in [0, 0.1) is 11.7 Å². The van der Waals surface area contributed by atoms with Crippen molar-refractivity contribution in [2.45, 2.75) is 39.3 Å². The SMILES string of the molecule is C[C@@H]1CCc2nc3ncn(CC(=O)NCc4cccc(F)c4)c(=O)c3cc2C1. The fraction of sp³-hybridized carbons (Fsp3) is 0.333. The van der Waals surface area contributed by atoms with Gasteiger partial charge < -0.3 is 5.32 Å². The minimum Gasteiger partial charge on any atom is -0.350 e. The standard InChI is InChI=1S/C21H21FN4O2/c1-13-5-6-18-15(7-13)9-17-20(25-18)24-12-26(21(17)28)11-19(27)23-10-14-3-2-4-16(22)8-14/h2-4,8-9,12-13H,5-7,10-11H2,1H3,(H,23,27)/t13-/m1/s1. The Morgan fingerprint density at radius 2 is 2.21 bits per heavy atom. The van der Waals surface area contributed by atoms with E-state index in [0.29, 0.717) is 22.5 Å². The van der Waals surface area contributed by atoms with Crippen LogP contribution in [0.25, 0.3) is 11.0 Å². The minimum absolute atomic E-state index is 0.148. The zero-order chi connectivity index (χ0) is 19.7. The number of hydrogen-bond acceptors (Lipinski definition) is 4. The Morgan fingerprint density at radius 1 is 1.36 bits per heavy atom. The highest BCUT2D eigenvalue weighted by molar-refractivity contribution is 5.77. The van der Waals surface area contributed by atoms with Gasteiger partial charge in [-0.05, 0) is 54.5 Å². The summed E-state index contributed by atoms with van der Waals surface area (Å²) < 4.78 is 14.5. The first-order chi connectivity index (χ1) is 13.5. The van der Waals surface area contributed by atoms with E-state index in [1.807, 2.05) is 6.07 Å². The van der Waals surface area contributed by atoms with Crippen molar-refractivity contribution >= 4 is 16.9 Å². The van der Waals surface area contributed by atoms with Crippen molar-refractivity contribution in [2.24, 2.45) is 5.92 Å². The zero-order valence-corrected chi connectivity index (χ0v) is 15.6. The molecule has 0 fully saturated rings. The fourth-order valence-corrected chi connectivity index (χ4v) is 3.59. The van der Waals surface area contributed by atoms with Gasteiger partial charge in [-0.2, -0.15) is 0 Å². The average molecular weight is 380 g/mol. The van der Waals surface area contributed by atoms with Crippen LogP contribution in [0.1, 0.15) is 30.2 Å². The number of carbonyl (C=O) groups excluding carboxylic acids is 1. The van der Waals surface area contributed by atoms with Crippen molar-refractivity contribution in [2.75, 3.05) is 0 Å². The number of hydrogen-bond donors (Lipinski definition) is 1. The second-order valence-corrected chi connectivity index (χ2v) is 7.40. The molecule has 1 aliphatic carbocycles. The topological polar surface area (TPSA) is 76.9 Å². The number of pyridine rings is 1. The molecule has 1 amide bonds. The van der Waals surface area contributed by atoms with Crippen molar-refractivity contribution in [3.63, 3.8) is 0 Å². The Bertz CT molecular complexity index is 1110. The van der Waals surface area contributed by atoms with Crippen LogP contribution in [-0.2, 0) is 30.7 Å². The number of rotatable bonds is 4. The van der Waals surface area contributed by atoms with E-state index in [1.54, 1.807) is 12.1 Å². The van der Waals surface area contributed by atoms with E-state index in [1.165, 1.54) is 23.0 Å². The third-order valence-electron chi connectivity index (χ3n) is 5.12. The van der Waals surface area contributed by atoms with E-state index in [4.69, 9.17) is 0 Å². The predicted octanol–water partition coefficient (Wildman–Crippen LogP) is 2.37. The van der Waals surface area contributed by atoms with Crippen LogP contribution in [0.5, 0.6) is 0 Å². The van der Waals surface area contributed by atoms with Crippen molar-refractivity contribution in [1.29, 1.82) is 0 Å². The van der Waals surface area contributed by atoms with Gasteiger partial charge in [0.1, 0.15) is 18.7 Å². The first-order valence-electron chi connectivity index (χ1n) is 9.38. The normalized spacial score (nSPS) is 16.0. The van der Waals surface area contributed by atoms with Gasteiger partial charge in [-0.25, -0.2) is 14.4 Å². The summed E-state index contributed by atoms with van der Waals surface area (Å²) in [6, 6.07) is 7.90. The van der Waals surface area contributed by atoms with Crippen molar-refractivity contribution in [1.82, 2.24) is 19.9 Å². The smallest absolute Gasteiger partial charge is 0.263 e.